The minimum atomic E-state index is -4.67. The summed E-state index contributed by atoms with van der Waals surface area (Å²) in [6.07, 6.45) is 1.56. The van der Waals surface area contributed by atoms with Gasteiger partial charge in [-0.1, -0.05) is 12.1 Å². The van der Waals surface area contributed by atoms with Crippen molar-refractivity contribution in [3.05, 3.63) is 72.5 Å². The van der Waals surface area contributed by atoms with Crippen LogP contribution in [0.2, 0.25) is 0 Å². The zero-order valence-electron chi connectivity index (χ0n) is 17.0. The van der Waals surface area contributed by atoms with Crippen LogP contribution in [0.4, 0.5) is 13.2 Å². The Kier molecular flexibility index (Phi) is 5.71. The van der Waals surface area contributed by atoms with Gasteiger partial charge in [-0.05, 0) is 48.9 Å². The maximum Gasteiger partial charge on any atom is 0.432 e. The van der Waals surface area contributed by atoms with E-state index in [-0.39, 0.29) is 6.54 Å². The first kappa shape index (κ1) is 21.2. The van der Waals surface area contributed by atoms with Crippen LogP contribution in [-0.2, 0) is 6.54 Å². The van der Waals surface area contributed by atoms with Gasteiger partial charge in [-0.25, -0.2) is 9.36 Å². The highest BCUT2D eigenvalue weighted by Crippen LogP contribution is 2.19. The molecule has 0 aliphatic carbocycles. The minimum Gasteiger partial charge on any atom is -0.383 e. The molecule has 0 bridgehead atoms. The van der Waals surface area contributed by atoms with Crippen molar-refractivity contribution in [3.63, 3.8) is 0 Å². The highest BCUT2D eigenvalue weighted by atomic mass is 19.4. The molecule has 32 heavy (non-hydrogen) atoms. The van der Waals surface area contributed by atoms with E-state index in [0.717, 1.165) is 28.5 Å². The number of pyridine rings is 1. The number of allylic oxidation sites excluding steroid dienone is 2. The Morgan fingerprint density at radius 3 is 2.62 bits per heavy atom. The summed E-state index contributed by atoms with van der Waals surface area (Å²) in [5.41, 5.74) is 2.79. The van der Waals surface area contributed by atoms with Crippen LogP contribution < -0.4 is 5.32 Å². The Labute approximate surface area is 180 Å². The molecule has 4 aromatic rings. The van der Waals surface area contributed by atoms with E-state index in [9.17, 15) is 13.2 Å². The van der Waals surface area contributed by atoms with Crippen molar-refractivity contribution in [1.82, 2.24) is 35.1 Å². The highest BCUT2D eigenvalue weighted by molar-refractivity contribution is 5.97. The van der Waals surface area contributed by atoms with E-state index in [4.69, 9.17) is 5.41 Å². The number of rotatable bonds is 7. The average molecular weight is 440 g/mol. The van der Waals surface area contributed by atoms with Crippen molar-refractivity contribution in [1.29, 1.82) is 5.41 Å². The molecule has 164 valence electrons. The van der Waals surface area contributed by atoms with Crippen molar-refractivity contribution in [2.75, 3.05) is 0 Å². The number of benzene rings is 1. The number of halogens is 3. The molecule has 2 N–H and O–H groups in total. The number of hydrogen-bond donors (Lipinski definition) is 2. The molecular weight excluding hydrogens is 421 g/mol. The highest BCUT2D eigenvalue weighted by Gasteiger charge is 2.32. The van der Waals surface area contributed by atoms with Gasteiger partial charge in [0, 0.05) is 11.9 Å². The Morgan fingerprint density at radius 1 is 1.16 bits per heavy atom. The van der Waals surface area contributed by atoms with Gasteiger partial charge >= 0.3 is 6.18 Å². The van der Waals surface area contributed by atoms with Crippen LogP contribution in [0, 0.1) is 5.41 Å². The fourth-order valence-corrected chi connectivity index (χ4v) is 3.06. The average Bonchev–Trinajstić information content (AvgIpc) is 3.43. The molecule has 0 radical (unpaired) electrons. The zero-order valence-corrected chi connectivity index (χ0v) is 17.0. The van der Waals surface area contributed by atoms with E-state index in [1.807, 2.05) is 36.4 Å². The normalized spacial score (nSPS) is 12.3. The molecule has 3 heterocycles. The third kappa shape index (κ3) is 4.51. The van der Waals surface area contributed by atoms with Crippen LogP contribution in [0.25, 0.3) is 22.4 Å². The SMILES string of the molecule is CC/C(=C\C(=N)C(F)(F)F)NCc1cn(-c2ccc(-n3ncc4ncccc43)cc2)nn1. The fraction of sp³-hybridized carbons (Fsp3) is 0.190. The Bertz CT molecular complexity index is 1270. The van der Waals surface area contributed by atoms with Gasteiger partial charge in [0.1, 0.15) is 16.9 Å². The molecule has 0 saturated heterocycles. The third-order valence-corrected chi connectivity index (χ3v) is 4.74. The summed E-state index contributed by atoms with van der Waals surface area (Å²) < 4.78 is 41.1. The lowest BCUT2D eigenvalue weighted by Crippen LogP contribution is -2.22. The van der Waals surface area contributed by atoms with E-state index in [1.54, 1.807) is 34.9 Å². The lowest BCUT2D eigenvalue weighted by molar-refractivity contribution is -0.0584. The number of hydrogen-bond acceptors (Lipinski definition) is 6. The minimum absolute atomic E-state index is 0.190. The Hall–Kier alpha value is -4.02. The Morgan fingerprint density at radius 2 is 1.91 bits per heavy atom. The summed E-state index contributed by atoms with van der Waals surface area (Å²) >= 11 is 0. The molecule has 0 atom stereocenters. The molecule has 0 amide bonds. The summed E-state index contributed by atoms with van der Waals surface area (Å²) in [7, 11) is 0. The lowest BCUT2D eigenvalue weighted by Gasteiger charge is -2.09. The Balaban J connectivity index is 1.45. The van der Waals surface area contributed by atoms with E-state index in [2.05, 4.69) is 25.7 Å². The molecule has 11 heteroatoms. The number of aromatic nitrogens is 6. The summed E-state index contributed by atoms with van der Waals surface area (Å²) in [6.45, 7) is 1.90. The zero-order chi connectivity index (χ0) is 22.7. The molecule has 3 aromatic heterocycles. The monoisotopic (exact) mass is 440 g/mol. The molecule has 0 saturated carbocycles. The van der Waals surface area contributed by atoms with Gasteiger partial charge in [0.25, 0.3) is 0 Å². The first-order chi connectivity index (χ1) is 15.3. The number of nitrogens with one attached hydrogen (secondary N) is 2. The van der Waals surface area contributed by atoms with Gasteiger partial charge in [-0.15, -0.1) is 5.10 Å². The van der Waals surface area contributed by atoms with Crippen molar-refractivity contribution in [3.8, 4) is 11.4 Å². The third-order valence-electron chi connectivity index (χ3n) is 4.74. The molecule has 0 spiro atoms. The van der Waals surface area contributed by atoms with Crippen LogP contribution >= 0.6 is 0 Å². The molecule has 4 rings (SSSR count). The van der Waals surface area contributed by atoms with Gasteiger partial charge in [0.05, 0.1) is 35.8 Å². The first-order valence-corrected chi connectivity index (χ1v) is 9.76. The number of nitrogens with zero attached hydrogens (tertiary/aromatic N) is 6. The second-order valence-corrected chi connectivity index (χ2v) is 6.92. The molecule has 1 aromatic carbocycles. The summed E-state index contributed by atoms with van der Waals surface area (Å²) in [5, 5.41) is 22.5. The molecule has 0 aliphatic heterocycles. The van der Waals surface area contributed by atoms with Crippen LogP contribution in [0.1, 0.15) is 19.0 Å². The van der Waals surface area contributed by atoms with Crippen molar-refractivity contribution >= 4 is 16.7 Å². The maximum absolute atomic E-state index is 12.6. The van der Waals surface area contributed by atoms with Crippen molar-refractivity contribution in [2.45, 2.75) is 26.1 Å². The number of alkyl halides is 3. The number of fused-ring (bicyclic) bond motifs is 1. The van der Waals surface area contributed by atoms with E-state index in [1.165, 1.54) is 0 Å². The largest absolute Gasteiger partial charge is 0.432 e. The summed E-state index contributed by atoms with van der Waals surface area (Å²) in [6, 6.07) is 11.3. The standard InChI is InChI=1S/C21H19F3N8/c1-2-14(10-20(25)21(22,23)24)27-11-15-13-31(30-29-15)16-5-7-17(8-6-16)32-19-4-3-9-26-18(19)12-28-32/h3-10,12-13,25,27H,2,11H2,1H3/b14-10+,25-20?. The lowest BCUT2D eigenvalue weighted by atomic mass is 10.2. The van der Waals surface area contributed by atoms with E-state index in [0.29, 0.717) is 17.8 Å². The smallest absolute Gasteiger partial charge is 0.383 e. The first-order valence-electron chi connectivity index (χ1n) is 9.76. The topological polar surface area (TPSA) is 97.3 Å². The van der Waals surface area contributed by atoms with Gasteiger partial charge in [0.2, 0.25) is 0 Å². The van der Waals surface area contributed by atoms with Crippen molar-refractivity contribution < 1.29 is 13.2 Å². The second kappa shape index (κ2) is 8.61. The van der Waals surface area contributed by atoms with Gasteiger partial charge in [0.15, 0.2) is 0 Å². The summed E-state index contributed by atoms with van der Waals surface area (Å²) in [4.78, 5) is 4.28. The van der Waals surface area contributed by atoms with Gasteiger partial charge in [-0.2, -0.15) is 18.3 Å². The molecule has 0 unspecified atom stereocenters. The van der Waals surface area contributed by atoms with Crippen LogP contribution in [0.3, 0.4) is 0 Å². The molecular formula is C21H19F3N8. The predicted octanol–water partition coefficient (Wildman–Crippen LogP) is 3.97. The summed E-state index contributed by atoms with van der Waals surface area (Å²) in [5.74, 6) is 0. The van der Waals surface area contributed by atoms with Gasteiger partial charge < -0.3 is 5.32 Å². The van der Waals surface area contributed by atoms with E-state index >= 15 is 0 Å². The van der Waals surface area contributed by atoms with Gasteiger partial charge in [-0.3, -0.25) is 10.4 Å². The maximum atomic E-state index is 12.6. The van der Waals surface area contributed by atoms with Crippen molar-refractivity contribution in [2.24, 2.45) is 0 Å². The fourth-order valence-electron chi connectivity index (χ4n) is 3.06. The molecule has 0 aliphatic rings. The van der Waals surface area contributed by atoms with Crippen LogP contribution in [0.5, 0.6) is 0 Å². The second-order valence-electron chi connectivity index (χ2n) is 6.92. The predicted molar refractivity (Wildman–Crippen MR) is 113 cm³/mol. The van der Waals surface area contributed by atoms with Crippen LogP contribution in [0.15, 0.2) is 66.8 Å². The van der Waals surface area contributed by atoms with Crippen LogP contribution in [-0.4, -0.2) is 41.6 Å². The van der Waals surface area contributed by atoms with E-state index < -0.39 is 11.9 Å². The quantitative estimate of drug-likeness (QED) is 0.424. The molecule has 0 fully saturated rings. The molecule has 8 nitrogen and oxygen atoms in total.